The maximum Gasteiger partial charge on any atom is 0.253 e. The van der Waals surface area contributed by atoms with E-state index < -0.39 is 0 Å². The van der Waals surface area contributed by atoms with E-state index in [2.05, 4.69) is 4.98 Å². The van der Waals surface area contributed by atoms with Gasteiger partial charge < -0.3 is 4.90 Å². The fourth-order valence-corrected chi connectivity index (χ4v) is 2.86. The van der Waals surface area contributed by atoms with Crippen LogP contribution in [0.3, 0.4) is 0 Å². The van der Waals surface area contributed by atoms with Crippen LogP contribution >= 0.6 is 0 Å². The molecule has 3 aromatic rings. The Morgan fingerprint density at radius 1 is 0.963 bits per heavy atom. The number of aryl methyl sites for hydroxylation is 1. The molecule has 0 N–H and O–H groups in total. The zero-order chi connectivity index (χ0) is 19.1. The minimum absolute atomic E-state index is 0.0184. The summed E-state index contributed by atoms with van der Waals surface area (Å²) in [7, 11) is 0. The highest BCUT2D eigenvalue weighted by Gasteiger charge is 2.16. The number of hydrogen-bond acceptors (Lipinski definition) is 3. The number of rotatable bonds is 7. The molecule has 27 heavy (non-hydrogen) atoms. The van der Waals surface area contributed by atoms with Crippen molar-refractivity contribution in [1.82, 2.24) is 14.5 Å². The smallest absolute Gasteiger partial charge is 0.253 e. The molecule has 0 unspecified atom stereocenters. The molecule has 0 fully saturated rings. The number of aromatic nitrogens is 2. The predicted octanol–water partition coefficient (Wildman–Crippen LogP) is 3.03. The molecule has 1 amide bonds. The van der Waals surface area contributed by atoms with E-state index in [1.165, 1.54) is 17.0 Å². The third-order valence-corrected chi connectivity index (χ3v) is 4.39. The van der Waals surface area contributed by atoms with Crippen LogP contribution in [-0.2, 0) is 30.8 Å². The van der Waals surface area contributed by atoms with E-state index in [1.807, 2.05) is 67.6 Å². The van der Waals surface area contributed by atoms with Crippen molar-refractivity contribution < 1.29 is 4.79 Å². The minimum atomic E-state index is -0.199. The molecule has 1 heterocycles. The lowest BCUT2D eigenvalue weighted by atomic mass is 10.1. The summed E-state index contributed by atoms with van der Waals surface area (Å²) in [5.74, 6) is -0.115. The van der Waals surface area contributed by atoms with E-state index in [0.717, 1.165) is 16.8 Å². The lowest BCUT2D eigenvalue weighted by Gasteiger charge is -2.23. The fraction of sp³-hybridized carbons (Fsp3) is 0.227. The Hall–Kier alpha value is -3.21. The average molecular weight is 361 g/mol. The van der Waals surface area contributed by atoms with Crippen molar-refractivity contribution in [2.45, 2.75) is 33.0 Å². The number of hydrogen-bond donors (Lipinski definition) is 0. The Morgan fingerprint density at radius 2 is 1.52 bits per heavy atom. The Kier molecular flexibility index (Phi) is 6.15. The molecular weight excluding hydrogens is 338 g/mol. The Morgan fingerprint density at radius 3 is 2.00 bits per heavy atom. The van der Waals surface area contributed by atoms with Gasteiger partial charge >= 0.3 is 0 Å². The van der Waals surface area contributed by atoms with E-state index >= 15 is 0 Å². The van der Waals surface area contributed by atoms with Crippen LogP contribution < -0.4 is 5.56 Å². The zero-order valence-corrected chi connectivity index (χ0v) is 15.4. The largest absolute Gasteiger partial charge is 0.332 e. The zero-order valence-electron chi connectivity index (χ0n) is 15.4. The summed E-state index contributed by atoms with van der Waals surface area (Å²) < 4.78 is 1.37. The molecule has 138 valence electrons. The first-order valence-corrected chi connectivity index (χ1v) is 9.06. The highest BCUT2D eigenvalue weighted by Crippen LogP contribution is 2.11. The van der Waals surface area contributed by atoms with E-state index in [0.29, 0.717) is 19.5 Å². The first-order valence-electron chi connectivity index (χ1n) is 9.06. The normalized spacial score (nSPS) is 10.6. The molecule has 0 radical (unpaired) electrons. The second-order valence-electron chi connectivity index (χ2n) is 6.42. The average Bonchev–Trinajstić information content (AvgIpc) is 2.70. The second-order valence-corrected chi connectivity index (χ2v) is 6.42. The Bertz CT molecular complexity index is 895. The summed E-state index contributed by atoms with van der Waals surface area (Å²) in [5, 5.41) is 0. The number of carbonyl (C=O) groups is 1. The molecule has 0 saturated heterocycles. The molecule has 0 aliphatic rings. The molecule has 3 rings (SSSR count). The van der Waals surface area contributed by atoms with E-state index in [1.54, 1.807) is 4.90 Å². The van der Waals surface area contributed by atoms with E-state index in [4.69, 9.17) is 0 Å². The lowest BCUT2D eigenvalue weighted by molar-refractivity contribution is -0.133. The van der Waals surface area contributed by atoms with Gasteiger partial charge in [-0.3, -0.25) is 14.2 Å². The highest BCUT2D eigenvalue weighted by atomic mass is 16.2. The van der Waals surface area contributed by atoms with Gasteiger partial charge in [0.25, 0.3) is 5.56 Å². The van der Waals surface area contributed by atoms with E-state index in [9.17, 15) is 9.59 Å². The van der Waals surface area contributed by atoms with Gasteiger partial charge in [-0.1, -0.05) is 67.6 Å². The Balaban J connectivity index is 1.80. The SMILES string of the molecule is CCc1cc(=O)n(CC(=O)N(Cc2ccccc2)Cc2ccccc2)cn1. The number of amides is 1. The molecular formula is C22H23N3O2. The number of nitrogens with zero attached hydrogens (tertiary/aromatic N) is 3. The van der Waals surface area contributed by atoms with Crippen LogP contribution in [0.25, 0.3) is 0 Å². The lowest BCUT2D eigenvalue weighted by Crippen LogP contribution is -2.36. The molecule has 0 saturated carbocycles. The van der Waals surface area contributed by atoms with Gasteiger partial charge in [-0.05, 0) is 17.5 Å². The molecule has 5 heteroatoms. The maximum atomic E-state index is 13.0. The van der Waals surface area contributed by atoms with Crippen molar-refractivity contribution in [2.75, 3.05) is 0 Å². The van der Waals surface area contributed by atoms with Crippen LogP contribution in [0, 0.1) is 0 Å². The number of carbonyl (C=O) groups excluding carboxylic acids is 1. The third kappa shape index (κ3) is 5.14. The van der Waals surface area contributed by atoms with Crippen LogP contribution in [-0.4, -0.2) is 20.4 Å². The molecule has 0 atom stereocenters. The maximum absolute atomic E-state index is 13.0. The number of benzene rings is 2. The summed E-state index contributed by atoms with van der Waals surface area (Å²) >= 11 is 0. The van der Waals surface area contributed by atoms with Crippen LogP contribution in [0.5, 0.6) is 0 Å². The van der Waals surface area contributed by atoms with Crippen molar-refractivity contribution in [1.29, 1.82) is 0 Å². The van der Waals surface area contributed by atoms with Crippen molar-refractivity contribution in [3.63, 3.8) is 0 Å². The summed E-state index contributed by atoms with van der Waals surface area (Å²) in [5.41, 5.74) is 2.63. The second kappa shape index (κ2) is 8.94. The standard InChI is InChI=1S/C22H23N3O2/c1-2-20-13-21(26)25(17-23-20)16-22(27)24(14-18-9-5-3-6-10-18)15-19-11-7-4-8-12-19/h3-13,17H,2,14-16H2,1H3. The van der Waals surface area contributed by atoms with Crippen LogP contribution in [0.2, 0.25) is 0 Å². The van der Waals surface area contributed by atoms with Crippen molar-refractivity contribution in [2.24, 2.45) is 0 Å². The van der Waals surface area contributed by atoms with Gasteiger partial charge in [0.05, 0.1) is 6.33 Å². The van der Waals surface area contributed by atoms with Crippen LogP contribution in [0.15, 0.2) is 77.9 Å². The third-order valence-electron chi connectivity index (χ3n) is 4.39. The van der Waals surface area contributed by atoms with Crippen molar-refractivity contribution in [3.8, 4) is 0 Å². The van der Waals surface area contributed by atoms with Crippen molar-refractivity contribution in [3.05, 3.63) is 100 Å². The molecule has 1 aromatic heterocycles. The molecule has 0 aliphatic carbocycles. The summed E-state index contributed by atoms with van der Waals surface area (Å²) in [6, 6.07) is 21.2. The summed E-state index contributed by atoms with van der Waals surface area (Å²) in [4.78, 5) is 31.2. The van der Waals surface area contributed by atoms with Crippen molar-refractivity contribution >= 4 is 5.91 Å². The summed E-state index contributed by atoms with van der Waals surface area (Å²) in [6.07, 6.45) is 2.15. The van der Waals surface area contributed by atoms with Gasteiger partial charge in [0.15, 0.2) is 0 Å². The molecule has 2 aromatic carbocycles. The topological polar surface area (TPSA) is 55.2 Å². The van der Waals surface area contributed by atoms with Gasteiger partial charge in [-0.25, -0.2) is 4.98 Å². The molecule has 0 bridgehead atoms. The first-order chi connectivity index (χ1) is 13.2. The van der Waals surface area contributed by atoms with Crippen LogP contribution in [0.4, 0.5) is 0 Å². The quantitative estimate of drug-likeness (QED) is 0.650. The summed E-state index contributed by atoms with van der Waals surface area (Å²) in [6.45, 7) is 2.90. The van der Waals surface area contributed by atoms with Gasteiger partial charge in [-0.15, -0.1) is 0 Å². The first kappa shape index (κ1) is 18.6. The van der Waals surface area contributed by atoms with Gasteiger partial charge in [0, 0.05) is 24.8 Å². The van der Waals surface area contributed by atoms with E-state index in [-0.39, 0.29) is 18.0 Å². The Labute approximate surface area is 158 Å². The predicted molar refractivity (Wildman–Crippen MR) is 105 cm³/mol. The van der Waals surface area contributed by atoms with Gasteiger partial charge in [-0.2, -0.15) is 0 Å². The fourth-order valence-electron chi connectivity index (χ4n) is 2.86. The van der Waals surface area contributed by atoms with Crippen LogP contribution in [0.1, 0.15) is 23.7 Å². The molecule has 0 spiro atoms. The minimum Gasteiger partial charge on any atom is -0.332 e. The van der Waals surface area contributed by atoms with Gasteiger partial charge in [0.1, 0.15) is 6.54 Å². The monoisotopic (exact) mass is 361 g/mol. The highest BCUT2D eigenvalue weighted by molar-refractivity contribution is 5.76. The van der Waals surface area contributed by atoms with Gasteiger partial charge in [0.2, 0.25) is 5.91 Å². The molecule has 0 aliphatic heterocycles. The molecule has 5 nitrogen and oxygen atoms in total.